The molecule has 21 heavy (non-hydrogen) atoms. The quantitative estimate of drug-likeness (QED) is 0.755. The van der Waals surface area contributed by atoms with E-state index in [-0.39, 0.29) is 5.91 Å². The molecule has 0 aliphatic heterocycles. The SMILES string of the molecule is CC(C)c1cccc(NC(=O)CCC(CCN)C(C)C)c1. The number of benzene rings is 1. The molecule has 0 aliphatic rings. The maximum Gasteiger partial charge on any atom is 0.224 e. The first-order chi connectivity index (χ1) is 9.93. The molecule has 1 rings (SSSR count). The Hall–Kier alpha value is -1.35. The molecule has 0 saturated carbocycles. The van der Waals surface area contributed by atoms with E-state index in [1.807, 2.05) is 12.1 Å². The largest absolute Gasteiger partial charge is 0.330 e. The Labute approximate surface area is 129 Å². The second-order valence-electron chi connectivity index (χ2n) is 6.45. The van der Waals surface area contributed by atoms with Gasteiger partial charge >= 0.3 is 0 Å². The maximum atomic E-state index is 12.1. The molecule has 0 fully saturated rings. The molecule has 0 spiro atoms. The van der Waals surface area contributed by atoms with E-state index in [0.29, 0.717) is 30.7 Å². The molecule has 0 radical (unpaired) electrons. The molecule has 1 aromatic carbocycles. The minimum atomic E-state index is 0.0959. The van der Waals surface area contributed by atoms with Gasteiger partial charge < -0.3 is 11.1 Å². The number of rotatable bonds is 8. The molecule has 0 bridgehead atoms. The van der Waals surface area contributed by atoms with Crippen LogP contribution in [0, 0.1) is 11.8 Å². The summed E-state index contributed by atoms with van der Waals surface area (Å²) in [4.78, 5) is 12.1. The van der Waals surface area contributed by atoms with Crippen molar-refractivity contribution in [3.05, 3.63) is 29.8 Å². The average Bonchev–Trinajstić information content (AvgIpc) is 2.43. The number of carbonyl (C=O) groups excluding carboxylic acids is 1. The van der Waals surface area contributed by atoms with E-state index in [1.165, 1.54) is 5.56 Å². The number of nitrogens with two attached hydrogens (primary N) is 1. The van der Waals surface area contributed by atoms with Crippen molar-refractivity contribution >= 4 is 11.6 Å². The third-order valence-electron chi connectivity index (χ3n) is 4.06. The van der Waals surface area contributed by atoms with Gasteiger partial charge in [0.05, 0.1) is 0 Å². The number of nitrogens with one attached hydrogen (secondary N) is 1. The second-order valence-corrected chi connectivity index (χ2v) is 6.45. The fraction of sp³-hybridized carbons (Fsp3) is 0.611. The van der Waals surface area contributed by atoms with E-state index in [0.717, 1.165) is 18.5 Å². The number of carbonyl (C=O) groups is 1. The molecule has 3 heteroatoms. The van der Waals surface area contributed by atoms with Crippen LogP contribution in [0.1, 0.15) is 58.4 Å². The van der Waals surface area contributed by atoms with Gasteiger partial charge in [-0.1, -0.05) is 39.8 Å². The van der Waals surface area contributed by atoms with Crippen molar-refractivity contribution in [1.29, 1.82) is 0 Å². The minimum Gasteiger partial charge on any atom is -0.330 e. The summed E-state index contributed by atoms with van der Waals surface area (Å²) in [5.41, 5.74) is 7.78. The van der Waals surface area contributed by atoms with Crippen LogP contribution < -0.4 is 11.1 Å². The van der Waals surface area contributed by atoms with Crippen LogP contribution >= 0.6 is 0 Å². The molecular weight excluding hydrogens is 260 g/mol. The van der Waals surface area contributed by atoms with Crippen LogP contribution in [0.4, 0.5) is 5.69 Å². The van der Waals surface area contributed by atoms with Gasteiger partial charge in [-0.3, -0.25) is 4.79 Å². The highest BCUT2D eigenvalue weighted by Crippen LogP contribution is 2.22. The van der Waals surface area contributed by atoms with Crippen molar-refractivity contribution in [2.75, 3.05) is 11.9 Å². The number of hydrogen-bond acceptors (Lipinski definition) is 2. The molecule has 0 saturated heterocycles. The molecule has 1 atom stereocenters. The topological polar surface area (TPSA) is 55.1 Å². The molecule has 0 aliphatic carbocycles. The average molecular weight is 290 g/mol. The number of hydrogen-bond donors (Lipinski definition) is 2. The van der Waals surface area contributed by atoms with Gasteiger partial charge in [-0.2, -0.15) is 0 Å². The summed E-state index contributed by atoms with van der Waals surface area (Å²) in [7, 11) is 0. The van der Waals surface area contributed by atoms with Gasteiger partial charge in [0.1, 0.15) is 0 Å². The lowest BCUT2D eigenvalue weighted by molar-refractivity contribution is -0.116. The van der Waals surface area contributed by atoms with Crippen LogP contribution in [0.25, 0.3) is 0 Å². The first kappa shape index (κ1) is 17.7. The standard InChI is InChI=1S/C18H30N2O/c1-13(2)15(10-11-19)8-9-18(21)20-17-7-5-6-16(12-17)14(3)4/h5-7,12-15H,8-11,19H2,1-4H3,(H,20,21). The molecule has 0 heterocycles. The number of anilines is 1. The fourth-order valence-electron chi connectivity index (χ4n) is 2.54. The molecule has 3 nitrogen and oxygen atoms in total. The Morgan fingerprint density at radius 3 is 2.48 bits per heavy atom. The smallest absolute Gasteiger partial charge is 0.224 e. The highest BCUT2D eigenvalue weighted by molar-refractivity contribution is 5.90. The first-order valence-electron chi connectivity index (χ1n) is 8.04. The lowest BCUT2D eigenvalue weighted by Gasteiger charge is -2.19. The molecule has 0 aromatic heterocycles. The van der Waals surface area contributed by atoms with E-state index in [1.54, 1.807) is 0 Å². The predicted molar refractivity (Wildman–Crippen MR) is 90.4 cm³/mol. The third-order valence-corrected chi connectivity index (χ3v) is 4.06. The van der Waals surface area contributed by atoms with Crippen molar-refractivity contribution in [1.82, 2.24) is 0 Å². The van der Waals surface area contributed by atoms with E-state index in [2.05, 4.69) is 45.1 Å². The monoisotopic (exact) mass is 290 g/mol. The summed E-state index contributed by atoms with van der Waals surface area (Å²) < 4.78 is 0. The van der Waals surface area contributed by atoms with Crippen LogP contribution in [0.15, 0.2) is 24.3 Å². The Kier molecular flexibility index (Phi) is 7.44. The van der Waals surface area contributed by atoms with Gasteiger partial charge in [0.25, 0.3) is 0 Å². The summed E-state index contributed by atoms with van der Waals surface area (Å²) in [5.74, 6) is 1.67. The summed E-state index contributed by atoms with van der Waals surface area (Å²) >= 11 is 0. The van der Waals surface area contributed by atoms with Gasteiger partial charge in [-0.15, -0.1) is 0 Å². The molecule has 1 amide bonds. The Bertz CT molecular complexity index is 441. The van der Waals surface area contributed by atoms with Gasteiger partial charge in [-0.05, 0) is 54.8 Å². The van der Waals surface area contributed by atoms with Crippen LogP contribution in [0.3, 0.4) is 0 Å². The second kappa shape index (κ2) is 8.83. The summed E-state index contributed by atoms with van der Waals surface area (Å²) in [5, 5.41) is 3.00. The van der Waals surface area contributed by atoms with Gasteiger partial charge in [0, 0.05) is 12.1 Å². The van der Waals surface area contributed by atoms with Gasteiger partial charge in [0.15, 0.2) is 0 Å². The summed E-state index contributed by atoms with van der Waals surface area (Å²) in [6.45, 7) is 9.40. The van der Waals surface area contributed by atoms with Crippen LogP contribution in [-0.4, -0.2) is 12.5 Å². The van der Waals surface area contributed by atoms with E-state index >= 15 is 0 Å². The first-order valence-corrected chi connectivity index (χ1v) is 8.04. The van der Waals surface area contributed by atoms with Crippen molar-refractivity contribution in [2.45, 2.75) is 52.9 Å². The predicted octanol–water partition coefficient (Wildman–Crippen LogP) is 4.15. The van der Waals surface area contributed by atoms with E-state index in [9.17, 15) is 4.79 Å². The molecule has 1 unspecified atom stereocenters. The summed E-state index contributed by atoms with van der Waals surface area (Å²) in [6, 6.07) is 8.10. The zero-order valence-electron chi connectivity index (χ0n) is 13.9. The van der Waals surface area contributed by atoms with E-state index < -0.39 is 0 Å². The fourth-order valence-corrected chi connectivity index (χ4v) is 2.54. The van der Waals surface area contributed by atoms with Crippen molar-refractivity contribution < 1.29 is 4.79 Å². The zero-order valence-corrected chi connectivity index (χ0v) is 13.9. The lowest BCUT2D eigenvalue weighted by Crippen LogP contribution is -2.18. The van der Waals surface area contributed by atoms with Crippen molar-refractivity contribution in [3.63, 3.8) is 0 Å². The lowest BCUT2D eigenvalue weighted by atomic mass is 9.88. The van der Waals surface area contributed by atoms with Crippen molar-refractivity contribution in [2.24, 2.45) is 17.6 Å². The van der Waals surface area contributed by atoms with Gasteiger partial charge in [0.2, 0.25) is 5.91 Å². The molecule has 118 valence electrons. The minimum absolute atomic E-state index is 0.0959. The van der Waals surface area contributed by atoms with Crippen LogP contribution in [0.5, 0.6) is 0 Å². The van der Waals surface area contributed by atoms with Crippen molar-refractivity contribution in [3.8, 4) is 0 Å². The highest BCUT2D eigenvalue weighted by Gasteiger charge is 2.14. The van der Waals surface area contributed by atoms with Gasteiger partial charge in [-0.25, -0.2) is 0 Å². The molecular formula is C18H30N2O. The summed E-state index contributed by atoms with van der Waals surface area (Å²) in [6.07, 6.45) is 2.47. The van der Waals surface area contributed by atoms with E-state index in [4.69, 9.17) is 5.73 Å². The Morgan fingerprint density at radius 2 is 1.90 bits per heavy atom. The maximum absolute atomic E-state index is 12.1. The highest BCUT2D eigenvalue weighted by atomic mass is 16.1. The molecule has 3 N–H and O–H groups in total. The number of amides is 1. The molecule has 1 aromatic rings. The Balaban J connectivity index is 2.51. The zero-order chi connectivity index (χ0) is 15.8. The normalized spacial score (nSPS) is 12.7. The Morgan fingerprint density at radius 1 is 1.19 bits per heavy atom. The van der Waals surface area contributed by atoms with Crippen LogP contribution in [0.2, 0.25) is 0 Å². The van der Waals surface area contributed by atoms with Crippen LogP contribution in [-0.2, 0) is 4.79 Å². The third kappa shape index (κ3) is 6.30.